The average Bonchev–Trinajstić information content (AvgIpc) is 2.38. The van der Waals surface area contributed by atoms with Gasteiger partial charge in [-0.15, -0.1) is 0 Å². The highest BCUT2D eigenvalue weighted by molar-refractivity contribution is 8.56. The summed E-state index contributed by atoms with van der Waals surface area (Å²) in [6, 6.07) is 0. The second-order valence-corrected chi connectivity index (χ2v) is 9.67. The minimum atomic E-state index is -2.44. The van der Waals surface area contributed by atoms with E-state index >= 15 is 0 Å². The van der Waals surface area contributed by atoms with Gasteiger partial charge in [0.1, 0.15) is 0 Å². The van der Waals surface area contributed by atoms with Crippen molar-refractivity contribution in [2.24, 2.45) is 0 Å². The van der Waals surface area contributed by atoms with Crippen molar-refractivity contribution in [3.63, 3.8) is 0 Å². The van der Waals surface area contributed by atoms with Crippen molar-refractivity contribution in [1.82, 2.24) is 4.90 Å². The number of hydrogen-bond donors (Lipinski definition) is 2. The first-order valence-electron chi connectivity index (χ1n) is 6.60. The third-order valence-corrected chi connectivity index (χ3v) is 7.29. The fraction of sp³-hybridized carbons (Fsp3) is 0.833. The standard InChI is InChI=1S/C10H24NO2PS.C2H2O4/c1-6-10(3)13-14(12,7-2)15-9-8-11(4)5;3-1(4)2(5)6/h10H,6-9H2,1-5H3;(H,3,4)(H,5,6). The summed E-state index contributed by atoms with van der Waals surface area (Å²) in [7, 11) is 4.04. The second kappa shape index (κ2) is 12.0. The Labute approximate surface area is 130 Å². The molecule has 0 bridgehead atoms. The van der Waals surface area contributed by atoms with Gasteiger partial charge in [0.05, 0.1) is 6.10 Å². The van der Waals surface area contributed by atoms with E-state index in [1.54, 1.807) is 0 Å². The molecule has 0 rings (SSSR count). The van der Waals surface area contributed by atoms with Crippen LogP contribution in [0, 0.1) is 0 Å². The van der Waals surface area contributed by atoms with Crippen LogP contribution < -0.4 is 0 Å². The second-order valence-electron chi connectivity index (χ2n) is 4.50. The molecular formula is C12H26NO6PS. The Balaban J connectivity index is 0. The van der Waals surface area contributed by atoms with Crippen molar-refractivity contribution in [3.8, 4) is 0 Å². The SMILES string of the molecule is CCC(C)OP(=O)(CC)SCCN(C)C.O=C(O)C(=O)O. The Kier molecular flexibility index (Phi) is 13.0. The molecule has 0 saturated carbocycles. The van der Waals surface area contributed by atoms with Crippen LogP contribution in [0.1, 0.15) is 27.2 Å². The van der Waals surface area contributed by atoms with E-state index in [1.165, 1.54) is 11.4 Å². The smallest absolute Gasteiger partial charge is 0.414 e. The molecule has 0 spiro atoms. The fourth-order valence-corrected chi connectivity index (χ4v) is 4.97. The summed E-state index contributed by atoms with van der Waals surface area (Å²) in [5.74, 6) is -2.78. The molecule has 21 heavy (non-hydrogen) atoms. The van der Waals surface area contributed by atoms with E-state index in [4.69, 9.17) is 24.3 Å². The van der Waals surface area contributed by atoms with Gasteiger partial charge < -0.3 is 19.6 Å². The molecule has 0 aromatic heterocycles. The summed E-state index contributed by atoms with van der Waals surface area (Å²) in [6.07, 6.45) is 1.64. The van der Waals surface area contributed by atoms with Gasteiger partial charge in [0.15, 0.2) is 0 Å². The lowest BCUT2D eigenvalue weighted by atomic mass is 10.3. The molecule has 0 amide bonds. The van der Waals surface area contributed by atoms with E-state index in [0.29, 0.717) is 6.16 Å². The number of hydrogen-bond acceptors (Lipinski definition) is 6. The zero-order valence-electron chi connectivity index (χ0n) is 13.2. The van der Waals surface area contributed by atoms with Crippen molar-refractivity contribution < 1.29 is 28.9 Å². The molecule has 126 valence electrons. The summed E-state index contributed by atoms with van der Waals surface area (Å²) in [5.41, 5.74) is 0. The van der Waals surface area contributed by atoms with Gasteiger partial charge >= 0.3 is 11.9 Å². The minimum Gasteiger partial charge on any atom is -0.473 e. The van der Waals surface area contributed by atoms with Crippen LogP contribution >= 0.6 is 18.0 Å². The summed E-state index contributed by atoms with van der Waals surface area (Å²) in [4.78, 5) is 20.3. The predicted octanol–water partition coefficient (Wildman–Crippen LogP) is 2.46. The topological polar surface area (TPSA) is 104 Å². The number of nitrogens with zero attached hydrogens (tertiary/aromatic N) is 1. The first kappa shape index (κ1) is 22.7. The first-order chi connectivity index (χ1) is 9.57. The van der Waals surface area contributed by atoms with E-state index < -0.39 is 18.5 Å². The van der Waals surface area contributed by atoms with E-state index in [0.717, 1.165) is 18.7 Å². The summed E-state index contributed by atoms with van der Waals surface area (Å²) in [6.45, 7) is 4.47. The van der Waals surface area contributed by atoms with Gasteiger partial charge in [-0.25, -0.2) is 9.59 Å². The van der Waals surface area contributed by atoms with E-state index in [9.17, 15) is 4.57 Å². The lowest BCUT2D eigenvalue weighted by molar-refractivity contribution is -0.159. The lowest BCUT2D eigenvalue weighted by Crippen LogP contribution is -2.15. The molecule has 0 saturated heterocycles. The normalized spacial score (nSPS) is 14.8. The monoisotopic (exact) mass is 343 g/mol. The maximum absolute atomic E-state index is 12.3. The van der Waals surface area contributed by atoms with Crippen LogP contribution in [0.4, 0.5) is 0 Å². The van der Waals surface area contributed by atoms with E-state index in [1.807, 2.05) is 27.9 Å². The van der Waals surface area contributed by atoms with Crippen LogP contribution in [-0.2, 0) is 18.7 Å². The number of rotatable bonds is 8. The van der Waals surface area contributed by atoms with Crippen LogP contribution in [0.25, 0.3) is 0 Å². The molecule has 2 N–H and O–H groups in total. The van der Waals surface area contributed by atoms with Crippen LogP contribution in [-0.4, -0.2) is 65.7 Å². The van der Waals surface area contributed by atoms with Crippen molar-refractivity contribution in [2.45, 2.75) is 33.3 Å². The van der Waals surface area contributed by atoms with Gasteiger partial charge in [-0.3, -0.25) is 4.57 Å². The third kappa shape index (κ3) is 14.2. The van der Waals surface area contributed by atoms with E-state index in [-0.39, 0.29) is 6.10 Å². The highest BCUT2D eigenvalue weighted by Gasteiger charge is 2.23. The molecule has 0 aliphatic carbocycles. The fourth-order valence-electron chi connectivity index (χ4n) is 0.907. The van der Waals surface area contributed by atoms with Gasteiger partial charge in [0.2, 0.25) is 0 Å². The third-order valence-electron chi connectivity index (χ3n) is 2.31. The Morgan fingerprint density at radius 1 is 1.24 bits per heavy atom. The predicted molar refractivity (Wildman–Crippen MR) is 85.3 cm³/mol. The molecule has 2 atom stereocenters. The summed E-state index contributed by atoms with van der Waals surface area (Å²) < 4.78 is 17.9. The largest absolute Gasteiger partial charge is 0.473 e. The minimum absolute atomic E-state index is 0.0997. The molecule has 0 aliphatic heterocycles. The van der Waals surface area contributed by atoms with Gasteiger partial charge in [-0.2, -0.15) is 0 Å². The van der Waals surface area contributed by atoms with Crippen molar-refractivity contribution in [1.29, 1.82) is 0 Å². The number of aliphatic carboxylic acids is 2. The average molecular weight is 343 g/mol. The van der Waals surface area contributed by atoms with Gasteiger partial charge in [-0.1, -0.05) is 25.2 Å². The quantitative estimate of drug-likeness (QED) is 0.511. The Bertz CT molecular complexity index is 352. The zero-order valence-corrected chi connectivity index (χ0v) is 14.9. The molecule has 2 unspecified atom stereocenters. The van der Waals surface area contributed by atoms with Crippen LogP contribution in [0.15, 0.2) is 0 Å². The first-order valence-corrected chi connectivity index (χ1v) is 10.0. The maximum atomic E-state index is 12.3. The molecule has 0 fully saturated rings. The Hall–Kier alpha value is -0.560. The highest BCUT2D eigenvalue weighted by Crippen LogP contribution is 2.60. The van der Waals surface area contributed by atoms with Crippen LogP contribution in [0.2, 0.25) is 0 Å². The summed E-state index contributed by atoms with van der Waals surface area (Å²) >= 11 is 1.49. The molecule has 9 heteroatoms. The lowest BCUT2D eigenvalue weighted by Gasteiger charge is -2.20. The molecular weight excluding hydrogens is 317 g/mol. The zero-order chi connectivity index (χ0) is 17.1. The number of carboxylic acids is 2. The number of carbonyl (C=O) groups is 2. The Morgan fingerprint density at radius 3 is 2.00 bits per heavy atom. The van der Waals surface area contributed by atoms with Crippen molar-refractivity contribution >= 4 is 29.9 Å². The van der Waals surface area contributed by atoms with Crippen LogP contribution in [0.5, 0.6) is 0 Å². The highest BCUT2D eigenvalue weighted by atomic mass is 32.7. The molecule has 0 radical (unpaired) electrons. The Morgan fingerprint density at radius 2 is 1.71 bits per heavy atom. The molecule has 0 aromatic carbocycles. The number of carboxylic acid groups (broad SMARTS) is 2. The molecule has 0 heterocycles. The van der Waals surface area contributed by atoms with Crippen molar-refractivity contribution in [2.75, 3.05) is 32.6 Å². The van der Waals surface area contributed by atoms with Gasteiger partial charge in [0, 0.05) is 18.5 Å². The van der Waals surface area contributed by atoms with Gasteiger partial charge in [-0.05, 0) is 27.4 Å². The van der Waals surface area contributed by atoms with Crippen LogP contribution in [0.3, 0.4) is 0 Å². The molecule has 0 aromatic rings. The molecule has 0 aliphatic rings. The van der Waals surface area contributed by atoms with Crippen molar-refractivity contribution in [3.05, 3.63) is 0 Å². The van der Waals surface area contributed by atoms with E-state index in [2.05, 4.69) is 11.8 Å². The van der Waals surface area contributed by atoms with Gasteiger partial charge in [0.25, 0.3) is 6.57 Å². The summed E-state index contributed by atoms with van der Waals surface area (Å²) in [5, 5.41) is 14.8. The molecule has 7 nitrogen and oxygen atoms in total. The maximum Gasteiger partial charge on any atom is 0.414 e.